The van der Waals surface area contributed by atoms with E-state index >= 15 is 0 Å². The third-order valence-corrected chi connectivity index (χ3v) is 2.86. The zero-order valence-electron chi connectivity index (χ0n) is 9.47. The second-order valence-corrected chi connectivity index (χ2v) is 3.99. The molecule has 17 heavy (non-hydrogen) atoms. The molecule has 0 bridgehead atoms. The summed E-state index contributed by atoms with van der Waals surface area (Å²) in [5, 5.41) is 4.22. The van der Waals surface area contributed by atoms with E-state index < -0.39 is 0 Å². The van der Waals surface area contributed by atoms with Crippen LogP contribution in [0, 0.1) is 0 Å². The summed E-state index contributed by atoms with van der Waals surface area (Å²) in [4.78, 5) is 5.76. The van der Waals surface area contributed by atoms with Crippen molar-refractivity contribution in [3.05, 3.63) is 60.8 Å². The lowest BCUT2D eigenvalue weighted by molar-refractivity contribution is 0.00260. The molecule has 0 aliphatic carbocycles. The SMILES string of the molecule is C=CCN1C=Cc2c(ccc3ccccc23)O1. The van der Waals surface area contributed by atoms with Crippen LogP contribution in [0.25, 0.3) is 16.8 Å². The molecule has 0 saturated heterocycles. The lowest BCUT2D eigenvalue weighted by atomic mass is 10.0. The minimum absolute atomic E-state index is 0.683. The predicted molar refractivity (Wildman–Crippen MR) is 70.5 cm³/mol. The highest BCUT2D eigenvalue weighted by atomic mass is 16.7. The largest absolute Gasteiger partial charge is 0.379 e. The van der Waals surface area contributed by atoms with Gasteiger partial charge in [-0.2, -0.15) is 0 Å². The van der Waals surface area contributed by atoms with E-state index in [0.717, 1.165) is 11.3 Å². The van der Waals surface area contributed by atoms with Gasteiger partial charge >= 0.3 is 0 Å². The van der Waals surface area contributed by atoms with Crippen molar-refractivity contribution in [1.82, 2.24) is 5.06 Å². The summed E-state index contributed by atoms with van der Waals surface area (Å²) in [6, 6.07) is 12.4. The van der Waals surface area contributed by atoms with E-state index in [0.29, 0.717) is 6.54 Å². The van der Waals surface area contributed by atoms with Gasteiger partial charge in [-0.25, -0.2) is 5.06 Å². The van der Waals surface area contributed by atoms with Gasteiger partial charge in [0.25, 0.3) is 0 Å². The van der Waals surface area contributed by atoms with Gasteiger partial charge in [0.2, 0.25) is 0 Å². The Labute approximate surface area is 100 Å². The van der Waals surface area contributed by atoms with Crippen LogP contribution in [0.15, 0.2) is 55.3 Å². The summed E-state index contributed by atoms with van der Waals surface area (Å²) in [7, 11) is 0. The van der Waals surface area contributed by atoms with E-state index in [1.165, 1.54) is 10.8 Å². The van der Waals surface area contributed by atoms with Gasteiger partial charge in [-0.15, -0.1) is 6.58 Å². The second kappa shape index (κ2) is 3.98. The van der Waals surface area contributed by atoms with E-state index in [1.54, 1.807) is 5.06 Å². The van der Waals surface area contributed by atoms with Gasteiger partial charge in [-0.1, -0.05) is 36.4 Å². The van der Waals surface area contributed by atoms with E-state index in [9.17, 15) is 0 Å². The first kappa shape index (κ1) is 9.97. The van der Waals surface area contributed by atoms with Crippen LogP contribution in [-0.4, -0.2) is 11.6 Å². The molecule has 2 heteroatoms. The zero-order valence-corrected chi connectivity index (χ0v) is 9.47. The Morgan fingerprint density at radius 2 is 2.06 bits per heavy atom. The molecule has 1 aliphatic heterocycles. The first-order chi connectivity index (χ1) is 8.38. The molecule has 3 rings (SSSR count). The summed E-state index contributed by atoms with van der Waals surface area (Å²) in [5.41, 5.74) is 1.14. The van der Waals surface area contributed by atoms with Crippen LogP contribution in [-0.2, 0) is 0 Å². The van der Waals surface area contributed by atoms with Crippen molar-refractivity contribution >= 4 is 16.8 Å². The van der Waals surface area contributed by atoms with Crippen LogP contribution >= 0.6 is 0 Å². The average Bonchev–Trinajstić information content (AvgIpc) is 2.39. The molecule has 0 aromatic heterocycles. The first-order valence-corrected chi connectivity index (χ1v) is 5.64. The van der Waals surface area contributed by atoms with Crippen LogP contribution in [0.2, 0.25) is 0 Å². The molecule has 0 saturated carbocycles. The monoisotopic (exact) mass is 223 g/mol. The zero-order chi connectivity index (χ0) is 11.7. The Hall–Kier alpha value is -2.22. The van der Waals surface area contributed by atoms with Crippen molar-refractivity contribution in [2.24, 2.45) is 0 Å². The summed E-state index contributed by atoms with van der Waals surface area (Å²) >= 11 is 0. The molecule has 1 aliphatic rings. The Morgan fingerprint density at radius 3 is 2.94 bits per heavy atom. The Kier molecular flexibility index (Phi) is 2.33. The van der Waals surface area contributed by atoms with Crippen LogP contribution < -0.4 is 4.84 Å². The highest BCUT2D eigenvalue weighted by Crippen LogP contribution is 2.32. The number of nitrogens with zero attached hydrogens (tertiary/aromatic N) is 1. The fourth-order valence-electron chi connectivity index (χ4n) is 2.07. The quantitative estimate of drug-likeness (QED) is 0.721. The fraction of sp³-hybridized carbons (Fsp3) is 0.0667. The van der Waals surface area contributed by atoms with Crippen LogP contribution in [0.1, 0.15) is 5.56 Å². The highest BCUT2D eigenvalue weighted by Gasteiger charge is 2.13. The molecule has 2 aromatic rings. The normalized spacial score (nSPS) is 13.3. The van der Waals surface area contributed by atoms with E-state index in [2.05, 4.69) is 30.9 Å². The molecule has 0 radical (unpaired) electrons. The van der Waals surface area contributed by atoms with Crippen LogP contribution in [0.4, 0.5) is 0 Å². The van der Waals surface area contributed by atoms with Gasteiger partial charge < -0.3 is 4.84 Å². The molecule has 2 aromatic carbocycles. The highest BCUT2D eigenvalue weighted by molar-refractivity contribution is 5.93. The van der Waals surface area contributed by atoms with Crippen molar-refractivity contribution in [2.75, 3.05) is 6.54 Å². The molecule has 2 nitrogen and oxygen atoms in total. The molecule has 0 unspecified atom stereocenters. The van der Waals surface area contributed by atoms with Crippen LogP contribution in [0.5, 0.6) is 5.75 Å². The third-order valence-electron chi connectivity index (χ3n) is 2.86. The number of fused-ring (bicyclic) bond motifs is 3. The first-order valence-electron chi connectivity index (χ1n) is 5.64. The van der Waals surface area contributed by atoms with E-state index in [1.807, 2.05) is 30.5 Å². The molecule has 0 atom stereocenters. The molecular weight excluding hydrogens is 210 g/mol. The number of hydrogen-bond donors (Lipinski definition) is 0. The van der Waals surface area contributed by atoms with Gasteiger partial charge in [0.15, 0.2) is 5.75 Å². The summed E-state index contributed by atoms with van der Waals surface area (Å²) < 4.78 is 0. The van der Waals surface area contributed by atoms with Crippen molar-refractivity contribution in [2.45, 2.75) is 0 Å². The average molecular weight is 223 g/mol. The van der Waals surface area contributed by atoms with Gasteiger partial charge in [0, 0.05) is 11.8 Å². The van der Waals surface area contributed by atoms with Gasteiger partial charge in [-0.05, 0) is 22.9 Å². The molecular formula is C15H13NO. The maximum Gasteiger partial charge on any atom is 0.163 e. The fourth-order valence-corrected chi connectivity index (χ4v) is 2.07. The molecule has 0 spiro atoms. The predicted octanol–water partition coefficient (Wildman–Crippen LogP) is 3.61. The summed E-state index contributed by atoms with van der Waals surface area (Å²) in [6.07, 6.45) is 5.84. The molecule has 84 valence electrons. The second-order valence-electron chi connectivity index (χ2n) is 3.99. The molecule has 0 N–H and O–H groups in total. The minimum atomic E-state index is 0.683. The topological polar surface area (TPSA) is 12.5 Å². The number of rotatable bonds is 2. The Morgan fingerprint density at radius 1 is 1.18 bits per heavy atom. The van der Waals surface area contributed by atoms with E-state index in [-0.39, 0.29) is 0 Å². The standard InChI is InChI=1S/C15H13NO/c1-2-10-16-11-9-14-13-6-4-3-5-12(13)7-8-15(14)17-16/h2-9,11H,1,10H2. The Balaban J connectivity index is 2.11. The number of hydrogen-bond acceptors (Lipinski definition) is 2. The molecule has 1 heterocycles. The van der Waals surface area contributed by atoms with Gasteiger partial charge in [-0.3, -0.25) is 0 Å². The maximum absolute atomic E-state index is 5.76. The summed E-state index contributed by atoms with van der Waals surface area (Å²) in [6.45, 7) is 4.39. The van der Waals surface area contributed by atoms with Gasteiger partial charge in [0.05, 0.1) is 6.54 Å². The summed E-state index contributed by atoms with van der Waals surface area (Å²) in [5.74, 6) is 0.896. The molecule has 0 fully saturated rings. The Bertz CT molecular complexity index is 601. The van der Waals surface area contributed by atoms with Crippen molar-refractivity contribution in [3.63, 3.8) is 0 Å². The molecule has 0 amide bonds. The lowest BCUT2D eigenvalue weighted by Crippen LogP contribution is -2.23. The lowest BCUT2D eigenvalue weighted by Gasteiger charge is -2.24. The number of hydroxylamine groups is 2. The third kappa shape index (κ3) is 1.68. The van der Waals surface area contributed by atoms with E-state index in [4.69, 9.17) is 4.84 Å². The van der Waals surface area contributed by atoms with Crippen molar-refractivity contribution in [3.8, 4) is 5.75 Å². The smallest absolute Gasteiger partial charge is 0.163 e. The minimum Gasteiger partial charge on any atom is -0.379 e. The van der Waals surface area contributed by atoms with Crippen molar-refractivity contribution in [1.29, 1.82) is 0 Å². The van der Waals surface area contributed by atoms with Gasteiger partial charge in [0.1, 0.15) is 0 Å². The maximum atomic E-state index is 5.76. The van der Waals surface area contributed by atoms with Crippen molar-refractivity contribution < 1.29 is 4.84 Å². The number of benzene rings is 2. The van der Waals surface area contributed by atoms with Crippen LogP contribution in [0.3, 0.4) is 0 Å².